The number of methoxy groups -OCH3 is 1. The van der Waals surface area contributed by atoms with E-state index < -0.39 is 35.3 Å². The number of benzene rings is 2. The number of aliphatic hydroxyl groups is 1. The minimum absolute atomic E-state index is 0.0187. The maximum atomic E-state index is 14.4. The second kappa shape index (κ2) is 11.7. The van der Waals surface area contributed by atoms with Gasteiger partial charge in [-0.3, -0.25) is 14.5 Å². The van der Waals surface area contributed by atoms with E-state index in [1.54, 1.807) is 32.0 Å². The Morgan fingerprint density at radius 1 is 1.20 bits per heavy atom. The molecule has 0 bridgehead atoms. The van der Waals surface area contributed by atoms with Crippen molar-refractivity contribution in [3.05, 3.63) is 87.7 Å². The van der Waals surface area contributed by atoms with E-state index >= 15 is 0 Å². The largest absolute Gasteiger partial charge is 0.507 e. The van der Waals surface area contributed by atoms with Crippen LogP contribution in [-0.4, -0.2) is 48.1 Å². The first-order chi connectivity index (χ1) is 19.1. The third-order valence-corrected chi connectivity index (χ3v) is 7.34. The van der Waals surface area contributed by atoms with Gasteiger partial charge in [0.15, 0.2) is 16.6 Å². The van der Waals surface area contributed by atoms with Gasteiger partial charge >= 0.3 is 11.9 Å². The van der Waals surface area contributed by atoms with Crippen molar-refractivity contribution < 1.29 is 38.1 Å². The van der Waals surface area contributed by atoms with Gasteiger partial charge in [0.05, 0.1) is 31.0 Å². The molecule has 1 amide bonds. The molecule has 1 aromatic heterocycles. The van der Waals surface area contributed by atoms with Crippen molar-refractivity contribution in [1.29, 1.82) is 0 Å². The molecule has 1 saturated heterocycles. The quantitative estimate of drug-likeness (QED) is 0.122. The number of aryl methyl sites for hydroxylation is 2. The summed E-state index contributed by atoms with van der Waals surface area (Å²) >= 11 is 0.867. The molecule has 0 saturated carbocycles. The first-order valence-corrected chi connectivity index (χ1v) is 13.1. The van der Waals surface area contributed by atoms with Crippen molar-refractivity contribution in [2.45, 2.75) is 26.8 Å². The Morgan fingerprint density at radius 3 is 2.60 bits per heavy atom. The number of ketones is 1. The molecule has 40 heavy (non-hydrogen) atoms. The lowest BCUT2D eigenvalue weighted by molar-refractivity contribution is -0.132. The van der Waals surface area contributed by atoms with E-state index in [4.69, 9.17) is 14.2 Å². The van der Waals surface area contributed by atoms with E-state index in [-0.39, 0.29) is 27.8 Å². The van der Waals surface area contributed by atoms with E-state index in [0.717, 1.165) is 22.3 Å². The molecule has 1 N–H and O–H groups in total. The van der Waals surface area contributed by atoms with Crippen LogP contribution in [-0.2, 0) is 14.3 Å². The summed E-state index contributed by atoms with van der Waals surface area (Å²) in [6.07, 6.45) is 1.42. The SMILES string of the molecule is C=CCOC(=O)c1sc(N2C(=O)C(=O)C(=C(O)c3ccc(C)c(F)c3)C2c2ccc(OCC)c(OC)c2)nc1C. The number of thiazole rings is 1. The highest BCUT2D eigenvalue weighted by atomic mass is 32.1. The van der Waals surface area contributed by atoms with Crippen molar-refractivity contribution in [2.75, 3.05) is 25.2 Å². The van der Waals surface area contributed by atoms with Crippen molar-refractivity contribution in [3.63, 3.8) is 0 Å². The van der Waals surface area contributed by atoms with Gasteiger partial charge < -0.3 is 19.3 Å². The number of Topliss-reactive ketones (excluding diaryl/α,β-unsaturated/α-hetero) is 1. The van der Waals surface area contributed by atoms with Crippen molar-refractivity contribution in [3.8, 4) is 11.5 Å². The Hall–Kier alpha value is -4.51. The molecule has 1 fully saturated rings. The standard InChI is InChI=1S/C29H27FN2O7S/c1-6-12-39-28(36)26-16(4)31-29(40-26)32-23(17-10-11-20(38-7-2)21(14-17)37-5)22(25(34)27(32)35)24(33)18-9-8-15(3)19(30)13-18/h6,8-11,13-14,23,33H,1,7,12H2,2-5H3. The van der Waals surface area contributed by atoms with Crippen molar-refractivity contribution in [1.82, 2.24) is 4.98 Å². The van der Waals surface area contributed by atoms with Gasteiger partial charge in [0.1, 0.15) is 23.1 Å². The van der Waals surface area contributed by atoms with Crippen LogP contribution in [0, 0.1) is 19.7 Å². The molecule has 0 aliphatic carbocycles. The minimum Gasteiger partial charge on any atom is -0.507 e. The highest BCUT2D eigenvalue weighted by Crippen LogP contribution is 2.45. The second-order valence-corrected chi connectivity index (χ2v) is 9.75. The minimum atomic E-state index is -1.18. The van der Waals surface area contributed by atoms with Gasteiger partial charge in [-0.2, -0.15) is 0 Å². The Labute approximate surface area is 234 Å². The molecule has 11 heteroatoms. The number of hydrogen-bond donors (Lipinski definition) is 1. The van der Waals surface area contributed by atoms with Crippen LogP contribution in [0.3, 0.4) is 0 Å². The molecule has 0 spiro atoms. The maximum absolute atomic E-state index is 14.4. The van der Waals surface area contributed by atoms with Crippen LogP contribution in [0.15, 0.2) is 54.6 Å². The molecule has 9 nitrogen and oxygen atoms in total. The number of carbonyl (C=O) groups excluding carboxylic acids is 3. The Kier molecular flexibility index (Phi) is 8.34. The number of rotatable bonds is 9. The van der Waals surface area contributed by atoms with E-state index in [1.165, 1.54) is 25.3 Å². The number of ether oxygens (including phenoxy) is 3. The average molecular weight is 567 g/mol. The molecule has 3 aromatic rings. The lowest BCUT2D eigenvalue weighted by Crippen LogP contribution is -2.29. The summed E-state index contributed by atoms with van der Waals surface area (Å²) in [5.74, 6) is -3.02. The number of anilines is 1. The fourth-order valence-electron chi connectivity index (χ4n) is 4.24. The van der Waals surface area contributed by atoms with Crippen molar-refractivity contribution >= 4 is 39.9 Å². The predicted octanol–water partition coefficient (Wildman–Crippen LogP) is 5.28. The molecular formula is C29H27FN2O7S. The smallest absolute Gasteiger partial charge is 0.350 e. The summed E-state index contributed by atoms with van der Waals surface area (Å²) in [4.78, 5) is 45.1. The molecular weight excluding hydrogens is 539 g/mol. The van der Waals surface area contributed by atoms with Crippen molar-refractivity contribution in [2.24, 2.45) is 0 Å². The van der Waals surface area contributed by atoms with E-state index in [9.17, 15) is 23.9 Å². The summed E-state index contributed by atoms with van der Waals surface area (Å²) in [7, 11) is 1.44. The number of esters is 1. The monoisotopic (exact) mass is 566 g/mol. The number of halogens is 1. The van der Waals surface area contributed by atoms with Crippen LogP contribution in [0.1, 0.15) is 45.0 Å². The van der Waals surface area contributed by atoms with Crippen LogP contribution >= 0.6 is 11.3 Å². The highest BCUT2D eigenvalue weighted by molar-refractivity contribution is 7.17. The van der Waals surface area contributed by atoms with E-state index in [2.05, 4.69) is 11.6 Å². The van der Waals surface area contributed by atoms with E-state index in [0.29, 0.717) is 34.9 Å². The summed E-state index contributed by atoms with van der Waals surface area (Å²) in [5.41, 5.74) is 0.770. The summed E-state index contributed by atoms with van der Waals surface area (Å²) in [6.45, 7) is 8.82. The normalized spacial score (nSPS) is 16.2. The molecule has 1 aliphatic heterocycles. The summed E-state index contributed by atoms with van der Waals surface area (Å²) in [5, 5.41) is 11.3. The third-order valence-electron chi connectivity index (χ3n) is 6.20. The zero-order chi connectivity index (χ0) is 29.1. The number of aromatic nitrogens is 1. The number of aliphatic hydroxyl groups excluding tert-OH is 1. The summed E-state index contributed by atoms with van der Waals surface area (Å²) in [6, 6.07) is 7.65. The van der Waals surface area contributed by atoms with Crippen LogP contribution in [0.25, 0.3) is 5.76 Å². The van der Waals surface area contributed by atoms with Crippen LogP contribution in [0.2, 0.25) is 0 Å². The zero-order valence-corrected chi connectivity index (χ0v) is 23.1. The topological polar surface area (TPSA) is 115 Å². The molecule has 4 rings (SSSR count). The lowest BCUT2D eigenvalue weighted by Gasteiger charge is -2.24. The van der Waals surface area contributed by atoms with Gasteiger partial charge in [-0.15, -0.1) is 0 Å². The average Bonchev–Trinajstić information content (AvgIpc) is 3.45. The van der Waals surface area contributed by atoms with Gasteiger partial charge in [0.25, 0.3) is 5.78 Å². The van der Waals surface area contributed by atoms with Gasteiger partial charge in [0.2, 0.25) is 0 Å². The van der Waals surface area contributed by atoms with Gasteiger partial charge in [-0.05, 0) is 50.1 Å². The number of carbonyl (C=O) groups is 3. The highest BCUT2D eigenvalue weighted by Gasteiger charge is 2.48. The first-order valence-electron chi connectivity index (χ1n) is 12.3. The maximum Gasteiger partial charge on any atom is 0.350 e. The number of hydrogen-bond acceptors (Lipinski definition) is 9. The van der Waals surface area contributed by atoms with Gasteiger partial charge in [-0.25, -0.2) is 14.2 Å². The third kappa shape index (κ3) is 5.20. The van der Waals surface area contributed by atoms with E-state index in [1.807, 2.05) is 6.92 Å². The van der Waals surface area contributed by atoms with Gasteiger partial charge in [-0.1, -0.05) is 42.2 Å². The molecule has 2 aromatic carbocycles. The Balaban J connectivity index is 1.93. The molecule has 2 heterocycles. The molecule has 1 atom stereocenters. The fourth-order valence-corrected chi connectivity index (χ4v) is 5.23. The molecule has 1 aliphatic rings. The molecule has 1 unspecified atom stereocenters. The summed E-state index contributed by atoms with van der Waals surface area (Å²) < 4.78 is 30.6. The second-order valence-electron chi connectivity index (χ2n) is 8.77. The first kappa shape index (κ1) is 28.5. The number of amides is 1. The van der Waals surface area contributed by atoms with Crippen LogP contribution in [0.5, 0.6) is 11.5 Å². The van der Waals surface area contributed by atoms with Gasteiger partial charge in [0, 0.05) is 5.56 Å². The Bertz CT molecular complexity index is 1550. The lowest BCUT2D eigenvalue weighted by atomic mass is 9.94. The molecule has 0 radical (unpaired) electrons. The predicted molar refractivity (Wildman–Crippen MR) is 147 cm³/mol. The fraction of sp³-hybridized carbons (Fsp3) is 0.241. The number of nitrogens with zero attached hydrogens (tertiary/aromatic N) is 2. The zero-order valence-electron chi connectivity index (χ0n) is 22.3. The van der Waals surface area contributed by atoms with Crippen LogP contribution in [0.4, 0.5) is 9.52 Å². The van der Waals surface area contributed by atoms with Crippen LogP contribution < -0.4 is 14.4 Å². The molecule has 208 valence electrons. The Morgan fingerprint density at radius 2 is 1.95 bits per heavy atom.